The van der Waals surface area contributed by atoms with Crippen LogP contribution in [-0.2, 0) is 9.59 Å². The number of carbonyl (C=O) groups excluding carboxylic acids is 1. The van der Waals surface area contributed by atoms with Crippen LogP contribution < -0.4 is 10.1 Å². The molecule has 0 aliphatic heterocycles. The molecule has 0 radical (unpaired) electrons. The Morgan fingerprint density at radius 3 is 2.20 bits per heavy atom. The van der Waals surface area contributed by atoms with Crippen LogP contribution in [-0.4, -0.2) is 29.1 Å². The van der Waals surface area contributed by atoms with Crippen molar-refractivity contribution in [2.24, 2.45) is 5.92 Å². The molecule has 6 heteroatoms. The highest BCUT2D eigenvalue weighted by atomic mass is 79.9. The van der Waals surface area contributed by atoms with Gasteiger partial charge < -0.3 is 15.2 Å². The van der Waals surface area contributed by atoms with E-state index in [4.69, 9.17) is 9.84 Å². The fourth-order valence-electron chi connectivity index (χ4n) is 1.55. The number of hydrogen-bond acceptors (Lipinski definition) is 3. The maximum atomic E-state index is 11.9. The average Bonchev–Trinajstić information content (AvgIpc) is 2.37. The van der Waals surface area contributed by atoms with Crippen molar-refractivity contribution in [1.82, 2.24) is 5.32 Å². The molecular formula is C14H18BrNO4. The second-order valence-electron chi connectivity index (χ2n) is 4.78. The number of ether oxygens (including phenoxy) is 1. The second-order valence-corrected chi connectivity index (χ2v) is 5.70. The Bertz CT molecular complexity index is 473. The van der Waals surface area contributed by atoms with E-state index in [0.717, 1.165) is 4.47 Å². The van der Waals surface area contributed by atoms with Crippen molar-refractivity contribution in [3.05, 3.63) is 28.7 Å². The summed E-state index contributed by atoms with van der Waals surface area (Å²) in [6, 6.07) is 6.14. The molecule has 0 heterocycles. The molecule has 0 aliphatic carbocycles. The van der Waals surface area contributed by atoms with E-state index in [0.29, 0.717) is 5.75 Å². The minimum absolute atomic E-state index is 0.198. The second kappa shape index (κ2) is 7.28. The maximum Gasteiger partial charge on any atom is 0.326 e. The molecule has 2 atom stereocenters. The van der Waals surface area contributed by atoms with Crippen molar-refractivity contribution in [3.8, 4) is 5.75 Å². The summed E-state index contributed by atoms with van der Waals surface area (Å²) in [6.07, 6.45) is -0.767. The number of carboxylic acids is 1. The first kappa shape index (κ1) is 16.5. The van der Waals surface area contributed by atoms with Crippen LogP contribution in [0.25, 0.3) is 0 Å². The van der Waals surface area contributed by atoms with Gasteiger partial charge in [0.05, 0.1) is 0 Å². The van der Waals surface area contributed by atoms with E-state index in [-0.39, 0.29) is 5.92 Å². The largest absolute Gasteiger partial charge is 0.481 e. The SMILES string of the molecule is CC(Oc1ccc(Br)cc1)C(=O)N[C@@H](C(=O)O)C(C)C. The molecule has 110 valence electrons. The smallest absolute Gasteiger partial charge is 0.326 e. The van der Waals surface area contributed by atoms with Gasteiger partial charge in [-0.1, -0.05) is 29.8 Å². The van der Waals surface area contributed by atoms with Crippen LogP contribution in [0.1, 0.15) is 20.8 Å². The van der Waals surface area contributed by atoms with Crippen molar-refractivity contribution in [2.45, 2.75) is 32.9 Å². The molecule has 0 aromatic heterocycles. The first-order valence-corrected chi connectivity index (χ1v) is 7.06. The van der Waals surface area contributed by atoms with Gasteiger partial charge >= 0.3 is 5.97 Å². The van der Waals surface area contributed by atoms with Crippen molar-refractivity contribution in [1.29, 1.82) is 0 Å². The van der Waals surface area contributed by atoms with E-state index in [9.17, 15) is 9.59 Å². The zero-order valence-corrected chi connectivity index (χ0v) is 13.2. The van der Waals surface area contributed by atoms with Crippen LogP contribution >= 0.6 is 15.9 Å². The standard InChI is InChI=1S/C14H18BrNO4/c1-8(2)12(14(18)19)16-13(17)9(3)20-11-6-4-10(15)5-7-11/h4-9,12H,1-3H3,(H,16,17)(H,18,19)/t9?,12-/m1/s1. The Morgan fingerprint density at radius 1 is 1.20 bits per heavy atom. The van der Waals surface area contributed by atoms with E-state index < -0.39 is 24.0 Å². The molecule has 1 aromatic carbocycles. The lowest BCUT2D eigenvalue weighted by molar-refractivity contribution is -0.144. The van der Waals surface area contributed by atoms with Crippen molar-refractivity contribution >= 4 is 27.8 Å². The summed E-state index contributed by atoms with van der Waals surface area (Å²) in [5.74, 6) is -1.15. The Balaban J connectivity index is 2.62. The normalized spacial score (nSPS) is 13.7. The molecule has 2 N–H and O–H groups in total. The topological polar surface area (TPSA) is 75.6 Å². The third-order valence-electron chi connectivity index (χ3n) is 2.73. The summed E-state index contributed by atoms with van der Waals surface area (Å²) in [6.45, 7) is 5.05. The highest BCUT2D eigenvalue weighted by Gasteiger charge is 2.26. The lowest BCUT2D eigenvalue weighted by Gasteiger charge is -2.21. The molecule has 0 fully saturated rings. The molecule has 1 amide bonds. The van der Waals surface area contributed by atoms with Gasteiger partial charge in [-0.3, -0.25) is 4.79 Å². The van der Waals surface area contributed by atoms with Crippen molar-refractivity contribution in [3.63, 3.8) is 0 Å². The summed E-state index contributed by atoms with van der Waals surface area (Å²) in [4.78, 5) is 23.0. The van der Waals surface area contributed by atoms with E-state index in [1.165, 1.54) is 0 Å². The number of rotatable bonds is 6. The van der Waals surface area contributed by atoms with Gasteiger partial charge in [-0.2, -0.15) is 0 Å². The first-order valence-electron chi connectivity index (χ1n) is 6.26. The molecular weight excluding hydrogens is 326 g/mol. The fourth-order valence-corrected chi connectivity index (χ4v) is 1.82. The predicted octanol–water partition coefficient (Wildman–Crippen LogP) is 2.44. The van der Waals surface area contributed by atoms with Crippen LogP contribution in [0.5, 0.6) is 5.75 Å². The Kier molecular flexibility index (Phi) is 6.01. The van der Waals surface area contributed by atoms with Crippen LogP contribution in [0.4, 0.5) is 0 Å². The highest BCUT2D eigenvalue weighted by molar-refractivity contribution is 9.10. The predicted molar refractivity (Wildman–Crippen MR) is 78.6 cm³/mol. The van der Waals surface area contributed by atoms with Crippen molar-refractivity contribution < 1.29 is 19.4 Å². The number of hydrogen-bond donors (Lipinski definition) is 2. The van der Waals surface area contributed by atoms with Gasteiger partial charge in [0.15, 0.2) is 6.10 Å². The molecule has 1 unspecified atom stereocenters. The molecule has 1 rings (SSSR count). The van der Waals surface area contributed by atoms with E-state index in [1.807, 2.05) is 0 Å². The minimum atomic E-state index is -1.05. The lowest BCUT2D eigenvalue weighted by Crippen LogP contribution is -2.48. The third-order valence-corrected chi connectivity index (χ3v) is 3.25. The van der Waals surface area contributed by atoms with E-state index >= 15 is 0 Å². The third kappa shape index (κ3) is 4.85. The zero-order chi connectivity index (χ0) is 15.3. The summed E-state index contributed by atoms with van der Waals surface area (Å²) in [7, 11) is 0. The summed E-state index contributed by atoms with van der Waals surface area (Å²) < 4.78 is 6.38. The number of aliphatic carboxylic acids is 1. The molecule has 1 aromatic rings. The molecule has 5 nitrogen and oxygen atoms in total. The minimum Gasteiger partial charge on any atom is -0.481 e. The Morgan fingerprint density at radius 2 is 1.75 bits per heavy atom. The van der Waals surface area contributed by atoms with E-state index in [2.05, 4.69) is 21.2 Å². The van der Waals surface area contributed by atoms with Gasteiger partial charge in [0.1, 0.15) is 11.8 Å². The van der Waals surface area contributed by atoms with Crippen LogP contribution in [0.3, 0.4) is 0 Å². The lowest BCUT2D eigenvalue weighted by atomic mass is 10.0. The maximum absolute atomic E-state index is 11.9. The number of benzene rings is 1. The number of carbonyl (C=O) groups is 2. The van der Waals surface area contributed by atoms with Gasteiger partial charge in [0.25, 0.3) is 5.91 Å². The quantitative estimate of drug-likeness (QED) is 0.831. The Hall–Kier alpha value is -1.56. The number of nitrogens with one attached hydrogen (secondary N) is 1. The fraction of sp³-hybridized carbons (Fsp3) is 0.429. The zero-order valence-electron chi connectivity index (χ0n) is 11.6. The van der Waals surface area contributed by atoms with Gasteiger partial charge in [-0.15, -0.1) is 0 Å². The molecule has 0 saturated heterocycles. The van der Waals surface area contributed by atoms with Crippen LogP contribution in [0.15, 0.2) is 28.7 Å². The summed E-state index contributed by atoms with van der Waals surface area (Å²) in [5.41, 5.74) is 0. The Labute approximate surface area is 126 Å². The molecule has 20 heavy (non-hydrogen) atoms. The van der Waals surface area contributed by atoms with Crippen LogP contribution in [0.2, 0.25) is 0 Å². The van der Waals surface area contributed by atoms with Gasteiger partial charge in [-0.25, -0.2) is 4.79 Å². The van der Waals surface area contributed by atoms with Gasteiger partial charge in [0, 0.05) is 4.47 Å². The molecule has 0 spiro atoms. The molecule has 0 saturated carbocycles. The van der Waals surface area contributed by atoms with Gasteiger partial charge in [-0.05, 0) is 37.1 Å². The number of carboxylic acid groups (broad SMARTS) is 1. The monoisotopic (exact) mass is 343 g/mol. The van der Waals surface area contributed by atoms with Crippen LogP contribution in [0, 0.1) is 5.92 Å². The molecule has 0 bridgehead atoms. The summed E-state index contributed by atoms with van der Waals surface area (Å²) >= 11 is 3.31. The van der Waals surface area contributed by atoms with E-state index in [1.54, 1.807) is 45.0 Å². The van der Waals surface area contributed by atoms with Gasteiger partial charge in [0.2, 0.25) is 0 Å². The summed E-state index contributed by atoms with van der Waals surface area (Å²) in [5, 5.41) is 11.5. The highest BCUT2D eigenvalue weighted by Crippen LogP contribution is 2.17. The number of amides is 1. The number of halogens is 1. The molecule has 0 aliphatic rings. The average molecular weight is 344 g/mol. The first-order chi connectivity index (χ1) is 9.31. The van der Waals surface area contributed by atoms with Crippen molar-refractivity contribution in [2.75, 3.05) is 0 Å².